The van der Waals surface area contributed by atoms with E-state index < -0.39 is 0 Å². The number of amides is 1. The van der Waals surface area contributed by atoms with Gasteiger partial charge in [-0.2, -0.15) is 0 Å². The summed E-state index contributed by atoms with van der Waals surface area (Å²) in [5, 5.41) is 3.03. The zero-order chi connectivity index (χ0) is 16.1. The lowest BCUT2D eigenvalue weighted by Crippen LogP contribution is -2.49. The number of nitrogens with zero attached hydrogens (tertiary/aromatic N) is 1. The maximum absolute atomic E-state index is 12.4. The Morgan fingerprint density at radius 1 is 1.22 bits per heavy atom. The van der Waals surface area contributed by atoms with Crippen molar-refractivity contribution in [1.29, 1.82) is 0 Å². The molecule has 0 bridgehead atoms. The summed E-state index contributed by atoms with van der Waals surface area (Å²) in [6.45, 7) is 5.85. The molecule has 2 fully saturated rings. The van der Waals surface area contributed by atoms with Crippen LogP contribution in [0.15, 0.2) is 30.3 Å². The number of carbonyl (C=O) groups excluding carboxylic acids is 1. The van der Waals surface area contributed by atoms with Crippen molar-refractivity contribution >= 4 is 5.91 Å². The summed E-state index contributed by atoms with van der Waals surface area (Å²) < 4.78 is 11.2. The van der Waals surface area contributed by atoms with Gasteiger partial charge in [0.05, 0.1) is 19.3 Å². The molecule has 126 valence electrons. The summed E-state index contributed by atoms with van der Waals surface area (Å²) in [5.41, 5.74) is 1.13. The van der Waals surface area contributed by atoms with E-state index in [0.29, 0.717) is 25.7 Å². The van der Waals surface area contributed by atoms with Crippen LogP contribution in [-0.2, 0) is 20.8 Å². The number of piperidine rings is 1. The molecule has 1 aromatic rings. The molecule has 2 aliphatic heterocycles. The van der Waals surface area contributed by atoms with Gasteiger partial charge >= 0.3 is 0 Å². The number of nitrogens with one attached hydrogen (secondary N) is 1. The van der Waals surface area contributed by atoms with Crippen molar-refractivity contribution in [3.05, 3.63) is 35.9 Å². The predicted molar refractivity (Wildman–Crippen MR) is 87.7 cm³/mol. The molecule has 1 amide bonds. The molecular formula is C18H26N2O3. The molecule has 23 heavy (non-hydrogen) atoms. The van der Waals surface area contributed by atoms with Gasteiger partial charge in [0.1, 0.15) is 0 Å². The molecule has 0 aliphatic carbocycles. The molecule has 5 nitrogen and oxygen atoms in total. The quantitative estimate of drug-likeness (QED) is 0.899. The summed E-state index contributed by atoms with van der Waals surface area (Å²) in [4.78, 5) is 14.6. The Kier molecular flexibility index (Phi) is 5.65. The standard InChI is InChI=1S/C18H26N2O3/c1-14(17(21)19-13-15-5-3-2-4-6-15)20-9-7-16(8-10-20)18-22-11-12-23-18/h2-6,14,16,18H,7-13H2,1H3,(H,19,21). The van der Waals surface area contributed by atoms with Crippen LogP contribution >= 0.6 is 0 Å². The second-order valence-electron chi connectivity index (χ2n) is 6.36. The Morgan fingerprint density at radius 2 is 1.87 bits per heavy atom. The molecule has 5 heteroatoms. The maximum atomic E-state index is 12.4. The second-order valence-corrected chi connectivity index (χ2v) is 6.36. The first-order valence-electron chi connectivity index (χ1n) is 8.53. The van der Waals surface area contributed by atoms with E-state index in [9.17, 15) is 4.79 Å². The number of rotatable bonds is 5. The number of hydrogen-bond acceptors (Lipinski definition) is 4. The Hall–Kier alpha value is -1.43. The van der Waals surface area contributed by atoms with Crippen molar-refractivity contribution in [1.82, 2.24) is 10.2 Å². The fraction of sp³-hybridized carbons (Fsp3) is 0.611. The molecule has 0 spiro atoms. The van der Waals surface area contributed by atoms with E-state index in [1.807, 2.05) is 37.3 Å². The Morgan fingerprint density at radius 3 is 2.52 bits per heavy atom. The Bertz CT molecular complexity index is 494. The van der Waals surface area contributed by atoms with Gasteiger partial charge < -0.3 is 14.8 Å². The van der Waals surface area contributed by atoms with Crippen LogP contribution < -0.4 is 5.32 Å². The monoisotopic (exact) mass is 318 g/mol. The zero-order valence-electron chi connectivity index (χ0n) is 13.7. The summed E-state index contributed by atoms with van der Waals surface area (Å²) in [6, 6.07) is 9.92. The van der Waals surface area contributed by atoms with Gasteiger partial charge in [-0.05, 0) is 38.4 Å². The van der Waals surface area contributed by atoms with Gasteiger partial charge in [0, 0.05) is 12.5 Å². The summed E-state index contributed by atoms with van der Waals surface area (Å²) in [6.07, 6.45) is 2.03. The van der Waals surface area contributed by atoms with Gasteiger partial charge in [0.25, 0.3) is 0 Å². The van der Waals surface area contributed by atoms with E-state index in [2.05, 4.69) is 10.2 Å². The lowest BCUT2D eigenvalue weighted by atomic mass is 9.95. The number of likely N-dealkylation sites (tertiary alicyclic amines) is 1. The van der Waals surface area contributed by atoms with E-state index in [4.69, 9.17) is 9.47 Å². The highest BCUT2D eigenvalue weighted by atomic mass is 16.7. The van der Waals surface area contributed by atoms with Gasteiger partial charge in [-0.15, -0.1) is 0 Å². The average molecular weight is 318 g/mol. The van der Waals surface area contributed by atoms with Gasteiger partial charge in [-0.1, -0.05) is 30.3 Å². The Labute approximate surface area is 137 Å². The van der Waals surface area contributed by atoms with Crippen molar-refractivity contribution in [3.8, 4) is 0 Å². The van der Waals surface area contributed by atoms with E-state index in [-0.39, 0.29) is 18.2 Å². The number of hydrogen-bond donors (Lipinski definition) is 1. The fourth-order valence-electron chi connectivity index (χ4n) is 3.33. The highest BCUT2D eigenvalue weighted by molar-refractivity contribution is 5.81. The van der Waals surface area contributed by atoms with Crippen molar-refractivity contribution in [2.45, 2.75) is 38.6 Å². The lowest BCUT2D eigenvalue weighted by Gasteiger charge is -2.36. The van der Waals surface area contributed by atoms with Crippen LogP contribution in [0.25, 0.3) is 0 Å². The number of ether oxygens (including phenoxy) is 2. The van der Waals surface area contributed by atoms with Gasteiger partial charge in [-0.25, -0.2) is 0 Å². The van der Waals surface area contributed by atoms with Crippen molar-refractivity contribution in [2.24, 2.45) is 5.92 Å². The first-order chi connectivity index (χ1) is 11.2. The minimum absolute atomic E-state index is 0.0284. The van der Waals surface area contributed by atoms with Crippen molar-refractivity contribution < 1.29 is 14.3 Å². The molecule has 1 N–H and O–H groups in total. The molecular weight excluding hydrogens is 292 g/mol. The van der Waals surface area contributed by atoms with Crippen LogP contribution in [0, 0.1) is 5.92 Å². The predicted octanol–water partition coefficient (Wildman–Crippen LogP) is 1.78. The highest BCUT2D eigenvalue weighted by Crippen LogP contribution is 2.26. The molecule has 0 aromatic heterocycles. The molecule has 2 heterocycles. The van der Waals surface area contributed by atoms with Crippen molar-refractivity contribution in [2.75, 3.05) is 26.3 Å². The van der Waals surface area contributed by atoms with Crippen molar-refractivity contribution in [3.63, 3.8) is 0 Å². The van der Waals surface area contributed by atoms with Gasteiger partial charge in [0.15, 0.2) is 6.29 Å². The summed E-state index contributed by atoms with van der Waals surface area (Å²) >= 11 is 0. The fourth-order valence-corrected chi connectivity index (χ4v) is 3.33. The highest BCUT2D eigenvalue weighted by Gasteiger charge is 2.32. The van der Waals surface area contributed by atoms with E-state index in [1.165, 1.54) is 0 Å². The SMILES string of the molecule is CC(C(=O)NCc1ccccc1)N1CCC(C2OCCO2)CC1. The minimum atomic E-state index is -0.0925. The smallest absolute Gasteiger partial charge is 0.237 e. The van der Waals surface area contributed by atoms with Gasteiger partial charge in [-0.3, -0.25) is 9.69 Å². The van der Waals surface area contributed by atoms with Crippen LogP contribution in [-0.4, -0.2) is 49.4 Å². The largest absolute Gasteiger partial charge is 0.351 e. The molecule has 2 aliphatic rings. The topological polar surface area (TPSA) is 50.8 Å². The number of carbonyl (C=O) groups is 1. The molecule has 1 atom stereocenters. The minimum Gasteiger partial charge on any atom is -0.351 e. The third-order valence-electron chi connectivity index (χ3n) is 4.84. The van der Waals surface area contributed by atoms with Gasteiger partial charge in [0.2, 0.25) is 5.91 Å². The summed E-state index contributed by atoms with van der Waals surface area (Å²) in [7, 11) is 0. The van der Waals surface area contributed by atoms with Crippen LogP contribution in [0.1, 0.15) is 25.3 Å². The normalized spacial score (nSPS) is 22.1. The third-order valence-corrected chi connectivity index (χ3v) is 4.84. The van der Waals surface area contributed by atoms with E-state index >= 15 is 0 Å². The molecule has 1 aromatic carbocycles. The third kappa shape index (κ3) is 4.31. The molecule has 3 rings (SSSR count). The average Bonchev–Trinajstić information content (AvgIpc) is 3.15. The maximum Gasteiger partial charge on any atom is 0.237 e. The van der Waals surface area contributed by atoms with Crippen LogP contribution in [0.4, 0.5) is 0 Å². The molecule has 2 saturated heterocycles. The van der Waals surface area contributed by atoms with Crippen LogP contribution in [0.3, 0.4) is 0 Å². The Balaban J connectivity index is 1.43. The van der Waals surface area contributed by atoms with E-state index in [1.54, 1.807) is 0 Å². The van der Waals surface area contributed by atoms with Crippen LogP contribution in [0.5, 0.6) is 0 Å². The number of benzene rings is 1. The lowest BCUT2D eigenvalue weighted by molar-refractivity contribution is -0.128. The van der Waals surface area contributed by atoms with Crippen LogP contribution in [0.2, 0.25) is 0 Å². The molecule has 1 unspecified atom stereocenters. The molecule has 0 radical (unpaired) electrons. The second kappa shape index (κ2) is 7.90. The molecule has 0 saturated carbocycles. The summed E-state index contributed by atoms with van der Waals surface area (Å²) in [5.74, 6) is 0.564. The zero-order valence-corrected chi connectivity index (χ0v) is 13.7. The van der Waals surface area contributed by atoms with E-state index in [0.717, 1.165) is 31.5 Å². The first kappa shape index (κ1) is 16.4. The first-order valence-corrected chi connectivity index (χ1v) is 8.53.